The lowest BCUT2D eigenvalue weighted by Gasteiger charge is -2.12. The standard InChI is InChI=1S/C16H14Cl2N2O2/c1-11(22-14-7-4-6-13(17)9-14)16(21)20-19-10-12-5-2-3-8-15(12)18/h2-11H,1H3,(H,20,21)/b19-10-/t11-/m1/s1. The predicted molar refractivity (Wildman–Crippen MR) is 88.7 cm³/mol. The Balaban J connectivity index is 1.90. The van der Waals surface area contributed by atoms with Gasteiger partial charge >= 0.3 is 0 Å². The highest BCUT2D eigenvalue weighted by Gasteiger charge is 2.13. The molecule has 0 bridgehead atoms. The van der Waals surface area contributed by atoms with Crippen LogP contribution >= 0.6 is 23.2 Å². The smallest absolute Gasteiger partial charge is 0.280 e. The van der Waals surface area contributed by atoms with Gasteiger partial charge in [-0.1, -0.05) is 47.5 Å². The quantitative estimate of drug-likeness (QED) is 0.664. The van der Waals surface area contributed by atoms with Gasteiger partial charge in [0.25, 0.3) is 5.91 Å². The molecule has 1 atom stereocenters. The van der Waals surface area contributed by atoms with Crippen molar-refractivity contribution in [1.29, 1.82) is 0 Å². The number of halogens is 2. The molecule has 6 heteroatoms. The van der Waals surface area contributed by atoms with E-state index >= 15 is 0 Å². The van der Waals surface area contributed by atoms with Crippen LogP contribution in [0.25, 0.3) is 0 Å². The molecule has 0 saturated carbocycles. The van der Waals surface area contributed by atoms with E-state index in [4.69, 9.17) is 27.9 Å². The molecule has 0 aliphatic carbocycles. The fourth-order valence-corrected chi connectivity index (χ4v) is 2.00. The Morgan fingerprint density at radius 1 is 1.23 bits per heavy atom. The first kappa shape index (κ1) is 16.3. The Kier molecular flexibility index (Phi) is 5.81. The third kappa shape index (κ3) is 4.76. The van der Waals surface area contributed by atoms with Gasteiger partial charge in [-0.25, -0.2) is 5.43 Å². The van der Waals surface area contributed by atoms with Crippen molar-refractivity contribution in [3.8, 4) is 5.75 Å². The summed E-state index contributed by atoms with van der Waals surface area (Å²) in [4.78, 5) is 11.9. The number of hydrogen-bond donors (Lipinski definition) is 1. The molecule has 1 N–H and O–H groups in total. The molecule has 22 heavy (non-hydrogen) atoms. The van der Waals surface area contributed by atoms with E-state index in [0.717, 1.165) is 0 Å². The molecular weight excluding hydrogens is 323 g/mol. The van der Waals surface area contributed by atoms with Crippen LogP contribution in [0.4, 0.5) is 0 Å². The summed E-state index contributed by atoms with van der Waals surface area (Å²) in [5.41, 5.74) is 3.12. The average molecular weight is 337 g/mol. The molecular formula is C16H14Cl2N2O2. The maximum Gasteiger partial charge on any atom is 0.280 e. The van der Waals surface area contributed by atoms with E-state index in [9.17, 15) is 4.79 Å². The summed E-state index contributed by atoms with van der Waals surface area (Å²) in [5, 5.41) is 4.97. The van der Waals surface area contributed by atoms with Gasteiger partial charge in [-0.15, -0.1) is 0 Å². The minimum absolute atomic E-state index is 0.372. The molecule has 2 aromatic rings. The van der Waals surface area contributed by atoms with E-state index in [2.05, 4.69) is 10.5 Å². The summed E-state index contributed by atoms with van der Waals surface area (Å²) in [6.07, 6.45) is 0.772. The summed E-state index contributed by atoms with van der Waals surface area (Å²) in [6, 6.07) is 14.0. The van der Waals surface area contributed by atoms with Crippen LogP contribution in [0.5, 0.6) is 5.75 Å². The summed E-state index contributed by atoms with van der Waals surface area (Å²) in [6.45, 7) is 1.63. The number of nitrogens with zero attached hydrogens (tertiary/aromatic N) is 1. The molecule has 2 rings (SSSR count). The number of carbonyl (C=O) groups is 1. The molecule has 0 aromatic heterocycles. The van der Waals surface area contributed by atoms with Gasteiger partial charge in [0.2, 0.25) is 0 Å². The molecule has 0 aliphatic rings. The van der Waals surface area contributed by atoms with Crippen molar-refractivity contribution in [3.63, 3.8) is 0 Å². The number of rotatable bonds is 5. The molecule has 0 radical (unpaired) electrons. The first-order valence-electron chi connectivity index (χ1n) is 6.56. The molecule has 1 amide bonds. The summed E-state index contributed by atoms with van der Waals surface area (Å²) >= 11 is 11.8. The Morgan fingerprint density at radius 3 is 2.73 bits per heavy atom. The fourth-order valence-electron chi connectivity index (χ4n) is 1.63. The van der Waals surface area contributed by atoms with Crippen molar-refractivity contribution in [3.05, 3.63) is 64.1 Å². The zero-order valence-electron chi connectivity index (χ0n) is 11.8. The molecule has 114 valence electrons. The van der Waals surface area contributed by atoms with Gasteiger partial charge in [0.05, 0.1) is 6.21 Å². The van der Waals surface area contributed by atoms with Gasteiger partial charge in [-0.3, -0.25) is 4.79 Å². The van der Waals surface area contributed by atoms with E-state index < -0.39 is 6.10 Å². The van der Waals surface area contributed by atoms with Gasteiger partial charge in [-0.2, -0.15) is 5.10 Å². The van der Waals surface area contributed by atoms with Crippen molar-refractivity contribution in [2.45, 2.75) is 13.0 Å². The van der Waals surface area contributed by atoms with Crippen LogP contribution in [-0.4, -0.2) is 18.2 Å². The van der Waals surface area contributed by atoms with Gasteiger partial charge in [0.1, 0.15) is 5.75 Å². The molecule has 0 spiro atoms. The summed E-state index contributed by atoms with van der Waals surface area (Å²) in [7, 11) is 0. The van der Waals surface area contributed by atoms with E-state index in [-0.39, 0.29) is 5.91 Å². The van der Waals surface area contributed by atoms with Crippen molar-refractivity contribution in [1.82, 2.24) is 5.43 Å². The highest BCUT2D eigenvalue weighted by atomic mass is 35.5. The fraction of sp³-hybridized carbons (Fsp3) is 0.125. The van der Waals surface area contributed by atoms with Crippen molar-refractivity contribution in [2.75, 3.05) is 0 Å². The maximum absolute atomic E-state index is 11.9. The van der Waals surface area contributed by atoms with Gasteiger partial charge in [0, 0.05) is 15.6 Å². The Hall–Kier alpha value is -2.04. The number of carbonyl (C=O) groups excluding carboxylic acids is 1. The third-order valence-electron chi connectivity index (χ3n) is 2.76. The number of benzene rings is 2. The molecule has 0 aliphatic heterocycles. The van der Waals surface area contributed by atoms with Crippen LogP contribution in [0.2, 0.25) is 10.0 Å². The second-order valence-electron chi connectivity index (χ2n) is 4.47. The number of hydrazone groups is 1. The zero-order chi connectivity index (χ0) is 15.9. The van der Waals surface area contributed by atoms with Gasteiger partial charge < -0.3 is 4.74 Å². The first-order chi connectivity index (χ1) is 10.6. The highest BCUT2D eigenvalue weighted by molar-refractivity contribution is 6.33. The molecule has 0 heterocycles. The lowest BCUT2D eigenvalue weighted by atomic mass is 10.2. The average Bonchev–Trinajstić information content (AvgIpc) is 2.49. The molecule has 0 fully saturated rings. The topological polar surface area (TPSA) is 50.7 Å². The normalized spacial score (nSPS) is 12.1. The van der Waals surface area contributed by atoms with Crippen LogP contribution in [-0.2, 0) is 4.79 Å². The largest absolute Gasteiger partial charge is 0.481 e. The van der Waals surface area contributed by atoms with Crippen LogP contribution in [0, 0.1) is 0 Å². The minimum atomic E-state index is -0.707. The molecule has 4 nitrogen and oxygen atoms in total. The minimum Gasteiger partial charge on any atom is -0.481 e. The summed E-state index contributed by atoms with van der Waals surface area (Å²) in [5.74, 6) is 0.147. The highest BCUT2D eigenvalue weighted by Crippen LogP contribution is 2.18. The number of nitrogens with one attached hydrogen (secondary N) is 1. The van der Waals surface area contributed by atoms with Gasteiger partial charge in [-0.05, 0) is 31.2 Å². The molecule has 0 unspecified atom stereocenters. The maximum atomic E-state index is 11.9. The van der Waals surface area contributed by atoms with E-state index in [0.29, 0.717) is 21.4 Å². The summed E-state index contributed by atoms with van der Waals surface area (Å²) < 4.78 is 5.49. The number of ether oxygens (including phenoxy) is 1. The van der Waals surface area contributed by atoms with Gasteiger partial charge in [0.15, 0.2) is 6.10 Å². The SMILES string of the molecule is C[C@@H](Oc1cccc(Cl)c1)C(=O)N/N=C\c1ccccc1Cl. The van der Waals surface area contributed by atoms with E-state index in [1.165, 1.54) is 6.21 Å². The monoisotopic (exact) mass is 336 g/mol. The first-order valence-corrected chi connectivity index (χ1v) is 7.31. The van der Waals surface area contributed by atoms with Crippen LogP contribution < -0.4 is 10.2 Å². The second-order valence-corrected chi connectivity index (χ2v) is 5.32. The number of amides is 1. The Labute approximate surface area is 138 Å². The van der Waals surface area contributed by atoms with Crippen molar-refractivity contribution < 1.29 is 9.53 Å². The van der Waals surface area contributed by atoms with Crippen LogP contribution in [0.15, 0.2) is 53.6 Å². The lowest BCUT2D eigenvalue weighted by molar-refractivity contribution is -0.127. The zero-order valence-corrected chi connectivity index (χ0v) is 13.3. The van der Waals surface area contributed by atoms with Crippen LogP contribution in [0.3, 0.4) is 0 Å². The van der Waals surface area contributed by atoms with Crippen molar-refractivity contribution >= 4 is 35.3 Å². The van der Waals surface area contributed by atoms with Crippen molar-refractivity contribution in [2.24, 2.45) is 5.10 Å². The molecule has 0 saturated heterocycles. The number of hydrogen-bond acceptors (Lipinski definition) is 3. The van der Waals surface area contributed by atoms with E-state index in [1.54, 1.807) is 43.3 Å². The lowest BCUT2D eigenvalue weighted by Crippen LogP contribution is -2.33. The molecule has 2 aromatic carbocycles. The van der Waals surface area contributed by atoms with E-state index in [1.807, 2.05) is 12.1 Å². The Morgan fingerprint density at radius 2 is 2.00 bits per heavy atom. The Bertz CT molecular complexity index is 689. The second kappa shape index (κ2) is 7.82. The third-order valence-corrected chi connectivity index (χ3v) is 3.34. The predicted octanol–water partition coefficient (Wildman–Crippen LogP) is 3.91. The van der Waals surface area contributed by atoms with Crippen LogP contribution in [0.1, 0.15) is 12.5 Å².